The first-order valence-electron chi connectivity index (χ1n) is 4.32. The average Bonchev–Trinajstić information content (AvgIpc) is 2.27. The molecule has 1 aromatic rings. The molecule has 0 fully saturated rings. The SMILES string of the molecule is CN1CNC(=O)c2ccccc2C1. The third kappa shape index (κ3) is 1.55. The van der Waals surface area contributed by atoms with Crippen LogP contribution in [0.25, 0.3) is 0 Å². The molecule has 0 spiro atoms. The van der Waals surface area contributed by atoms with E-state index in [1.54, 1.807) is 0 Å². The fraction of sp³-hybridized carbons (Fsp3) is 0.300. The summed E-state index contributed by atoms with van der Waals surface area (Å²) >= 11 is 0. The van der Waals surface area contributed by atoms with Gasteiger partial charge in [-0.3, -0.25) is 9.69 Å². The van der Waals surface area contributed by atoms with Gasteiger partial charge in [0.2, 0.25) is 0 Å². The Labute approximate surface area is 77.4 Å². The van der Waals surface area contributed by atoms with Gasteiger partial charge in [0.05, 0.1) is 6.67 Å². The second kappa shape index (κ2) is 3.18. The fourth-order valence-electron chi connectivity index (χ4n) is 1.53. The van der Waals surface area contributed by atoms with Crippen LogP contribution in [0.15, 0.2) is 24.3 Å². The van der Waals surface area contributed by atoms with E-state index in [-0.39, 0.29) is 5.91 Å². The molecule has 1 aromatic carbocycles. The van der Waals surface area contributed by atoms with Gasteiger partial charge >= 0.3 is 0 Å². The van der Waals surface area contributed by atoms with E-state index in [1.807, 2.05) is 31.3 Å². The molecule has 0 unspecified atom stereocenters. The zero-order chi connectivity index (χ0) is 9.26. The average molecular weight is 176 g/mol. The van der Waals surface area contributed by atoms with Crippen molar-refractivity contribution in [2.24, 2.45) is 0 Å². The largest absolute Gasteiger partial charge is 0.339 e. The highest BCUT2D eigenvalue weighted by molar-refractivity contribution is 5.95. The molecule has 1 aliphatic rings. The molecule has 1 N–H and O–H groups in total. The molecule has 1 aliphatic heterocycles. The topological polar surface area (TPSA) is 32.3 Å². The quantitative estimate of drug-likeness (QED) is 0.634. The summed E-state index contributed by atoms with van der Waals surface area (Å²) in [5.41, 5.74) is 1.90. The molecule has 3 nitrogen and oxygen atoms in total. The van der Waals surface area contributed by atoms with Crippen molar-refractivity contribution in [3.63, 3.8) is 0 Å². The van der Waals surface area contributed by atoms with Gasteiger partial charge in [0.15, 0.2) is 0 Å². The van der Waals surface area contributed by atoms with Crippen LogP contribution in [0, 0.1) is 0 Å². The molecule has 1 amide bonds. The Balaban J connectivity index is 2.43. The van der Waals surface area contributed by atoms with Crippen molar-refractivity contribution in [2.75, 3.05) is 13.7 Å². The maximum Gasteiger partial charge on any atom is 0.252 e. The van der Waals surface area contributed by atoms with Crippen molar-refractivity contribution in [3.05, 3.63) is 35.4 Å². The Morgan fingerprint density at radius 2 is 2.15 bits per heavy atom. The number of amides is 1. The maximum absolute atomic E-state index is 11.5. The van der Waals surface area contributed by atoms with Crippen LogP contribution < -0.4 is 5.32 Å². The summed E-state index contributed by atoms with van der Waals surface area (Å²) in [5.74, 6) is 0.0277. The number of benzene rings is 1. The summed E-state index contributed by atoms with van der Waals surface area (Å²) in [6, 6.07) is 7.72. The lowest BCUT2D eigenvalue weighted by molar-refractivity contribution is 0.0939. The Kier molecular flexibility index (Phi) is 2.02. The Bertz CT molecular complexity index is 335. The minimum absolute atomic E-state index is 0.0277. The molecule has 0 radical (unpaired) electrons. The smallest absolute Gasteiger partial charge is 0.252 e. The second-order valence-corrected chi connectivity index (χ2v) is 3.34. The molecule has 0 bridgehead atoms. The molecule has 13 heavy (non-hydrogen) atoms. The number of fused-ring (bicyclic) bond motifs is 1. The number of nitrogens with one attached hydrogen (secondary N) is 1. The monoisotopic (exact) mass is 176 g/mol. The first-order valence-corrected chi connectivity index (χ1v) is 4.32. The van der Waals surface area contributed by atoms with E-state index in [4.69, 9.17) is 0 Å². The molecule has 0 saturated carbocycles. The molecule has 0 atom stereocenters. The first-order chi connectivity index (χ1) is 6.27. The van der Waals surface area contributed by atoms with Crippen molar-refractivity contribution >= 4 is 5.91 Å². The van der Waals surface area contributed by atoms with Gasteiger partial charge in [-0.2, -0.15) is 0 Å². The highest BCUT2D eigenvalue weighted by Crippen LogP contribution is 2.12. The lowest BCUT2D eigenvalue weighted by atomic mass is 10.1. The zero-order valence-corrected chi connectivity index (χ0v) is 7.58. The van der Waals surface area contributed by atoms with Gasteiger partial charge in [0, 0.05) is 12.1 Å². The number of carbonyl (C=O) groups is 1. The van der Waals surface area contributed by atoms with Crippen LogP contribution in [-0.2, 0) is 6.54 Å². The molecule has 3 heteroatoms. The van der Waals surface area contributed by atoms with Gasteiger partial charge in [0.25, 0.3) is 5.91 Å². The number of hydrogen-bond acceptors (Lipinski definition) is 2. The first kappa shape index (κ1) is 8.26. The minimum atomic E-state index is 0.0277. The zero-order valence-electron chi connectivity index (χ0n) is 7.58. The molecule has 0 aromatic heterocycles. The summed E-state index contributed by atoms with van der Waals surface area (Å²) in [7, 11) is 1.99. The normalized spacial score (nSPS) is 17.5. The summed E-state index contributed by atoms with van der Waals surface area (Å²) in [6.45, 7) is 1.45. The van der Waals surface area contributed by atoms with E-state index in [0.29, 0.717) is 6.67 Å². The third-order valence-electron chi connectivity index (χ3n) is 2.21. The standard InChI is InChI=1S/C10H12N2O/c1-12-6-8-4-2-3-5-9(8)10(13)11-7-12/h2-5H,6-7H2,1H3,(H,11,13). The highest BCUT2D eigenvalue weighted by atomic mass is 16.1. The van der Waals surface area contributed by atoms with Crippen LogP contribution in [0.5, 0.6) is 0 Å². The van der Waals surface area contributed by atoms with Crippen LogP contribution in [0.4, 0.5) is 0 Å². The Morgan fingerprint density at radius 1 is 1.38 bits per heavy atom. The number of carbonyl (C=O) groups excluding carboxylic acids is 1. The Hall–Kier alpha value is -1.35. The van der Waals surface area contributed by atoms with E-state index in [9.17, 15) is 4.79 Å². The van der Waals surface area contributed by atoms with E-state index in [0.717, 1.165) is 17.7 Å². The summed E-state index contributed by atoms with van der Waals surface area (Å²) in [4.78, 5) is 13.6. The van der Waals surface area contributed by atoms with Crippen LogP contribution >= 0.6 is 0 Å². The number of nitrogens with zero attached hydrogens (tertiary/aromatic N) is 1. The summed E-state index contributed by atoms with van der Waals surface area (Å²) in [5, 5.41) is 2.84. The molecule has 2 rings (SSSR count). The molecule has 1 heterocycles. The van der Waals surface area contributed by atoms with Gasteiger partial charge in [-0.1, -0.05) is 18.2 Å². The van der Waals surface area contributed by atoms with Gasteiger partial charge in [-0.25, -0.2) is 0 Å². The van der Waals surface area contributed by atoms with Crippen molar-refractivity contribution in [1.29, 1.82) is 0 Å². The van der Waals surface area contributed by atoms with Gasteiger partial charge < -0.3 is 5.32 Å². The van der Waals surface area contributed by atoms with Crippen molar-refractivity contribution in [1.82, 2.24) is 10.2 Å². The number of rotatable bonds is 0. The van der Waals surface area contributed by atoms with Crippen LogP contribution in [-0.4, -0.2) is 24.5 Å². The van der Waals surface area contributed by atoms with E-state index in [1.165, 1.54) is 0 Å². The second-order valence-electron chi connectivity index (χ2n) is 3.34. The molecule has 68 valence electrons. The molecular formula is C10H12N2O. The maximum atomic E-state index is 11.5. The molecular weight excluding hydrogens is 164 g/mol. The number of hydrogen-bond donors (Lipinski definition) is 1. The summed E-state index contributed by atoms with van der Waals surface area (Å²) < 4.78 is 0. The highest BCUT2D eigenvalue weighted by Gasteiger charge is 2.15. The van der Waals surface area contributed by atoms with Crippen molar-refractivity contribution < 1.29 is 4.79 Å². The Morgan fingerprint density at radius 3 is 3.00 bits per heavy atom. The predicted molar refractivity (Wildman–Crippen MR) is 50.2 cm³/mol. The van der Waals surface area contributed by atoms with Crippen LogP contribution in [0.2, 0.25) is 0 Å². The summed E-state index contributed by atoms with van der Waals surface area (Å²) in [6.07, 6.45) is 0. The minimum Gasteiger partial charge on any atom is -0.339 e. The lowest BCUT2D eigenvalue weighted by Crippen LogP contribution is -2.31. The van der Waals surface area contributed by atoms with Crippen LogP contribution in [0.1, 0.15) is 15.9 Å². The predicted octanol–water partition coefficient (Wildman–Crippen LogP) is 0.819. The van der Waals surface area contributed by atoms with Gasteiger partial charge in [0.1, 0.15) is 0 Å². The van der Waals surface area contributed by atoms with E-state index >= 15 is 0 Å². The van der Waals surface area contributed by atoms with Gasteiger partial charge in [-0.05, 0) is 18.7 Å². The van der Waals surface area contributed by atoms with Gasteiger partial charge in [-0.15, -0.1) is 0 Å². The lowest BCUT2D eigenvalue weighted by Gasteiger charge is -2.12. The molecule has 0 saturated heterocycles. The third-order valence-corrected chi connectivity index (χ3v) is 2.21. The fourth-order valence-corrected chi connectivity index (χ4v) is 1.53. The van der Waals surface area contributed by atoms with Crippen LogP contribution in [0.3, 0.4) is 0 Å². The van der Waals surface area contributed by atoms with E-state index < -0.39 is 0 Å². The van der Waals surface area contributed by atoms with Crippen molar-refractivity contribution in [2.45, 2.75) is 6.54 Å². The van der Waals surface area contributed by atoms with Crippen molar-refractivity contribution in [3.8, 4) is 0 Å². The molecule has 0 aliphatic carbocycles. The van der Waals surface area contributed by atoms with E-state index in [2.05, 4.69) is 10.2 Å².